The summed E-state index contributed by atoms with van der Waals surface area (Å²) >= 11 is 0. The number of carbonyl (C=O) groups excluding carboxylic acids is 1. The van der Waals surface area contributed by atoms with Crippen molar-refractivity contribution in [3.63, 3.8) is 0 Å². The first-order valence-electron chi connectivity index (χ1n) is 7.21. The van der Waals surface area contributed by atoms with E-state index in [1.807, 2.05) is 38.1 Å². The topological polar surface area (TPSA) is 87.3 Å². The Morgan fingerprint density at radius 1 is 1.35 bits per heavy atom. The van der Waals surface area contributed by atoms with Gasteiger partial charge >= 0.3 is 11.8 Å². The Morgan fingerprint density at radius 3 is 2.43 bits per heavy atom. The molecule has 0 fully saturated rings. The van der Waals surface area contributed by atoms with Crippen molar-refractivity contribution in [2.24, 2.45) is 7.05 Å². The Labute approximate surface area is 134 Å². The van der Waals surface area contributed by atoms with Gasteiger partial charge in [0.05, 0.1) is 7.05 Å². The summed E-state index contributed by atoms with van der Waals surface area (Å²) in [5.74, 6) is -0.451. The molecule has 0 N–H and O–H groups in total. The molecule has 0 bridgehead atoms. The number of imidazole rings is 1. The number of nitrogens with zero attached hydrogens (tertiary/aromatic N) is 3. The zero-order chi connectivity index (χ0) is 17.1. The third kappa shape index (κ3) is 3.56. The summed E-state index contributed by atoms with van der Waals surface area (Å²) in [5.41, 5.74) is 2.09. The second kappa shape index (κ2) is 6.60. The summed E-state index contributed by atoms with van der Waals surface area (Å²) in [5, 5.41) is 11.0. The van der Waals surface area contributed by atoms with Crippen molar-refractivity contribution < 1.29 is 14.5 Å². The van der Waals surface area contributed by atoms with E-state index in [2.05, 4.69) is 4.98 Å². The first kappa shape index (κ1) is 16.7. The lowest BCUT2D eigenvalue weighted by Gasteiger charge is -2.22. The van der Waals surface area contributed by atoms with Crippen molar-refractivity contribution in [1.82, 2.24) is 9.55 Å². The van der Waals surface area contributed by atoms with Crippen LogP contribution in [0.2, 0.25) is 0 Å². The molecule has 0 spiro atoms. The number of esters is 1. The predicted octanol–water partition coefficient (Wildman–Crippen LogP) is 3.04. The molecule has 0 saturated heterocycles. The molecule has 7 heteroatoms. The van der Waals surface area contributed by atoms with E-state index in [4.69, 9.17) is 4.74 Å². The first-order chi connectivity index (χ1) is 10.8. The van der Waals surface area contributed by atoms with Gasteiger partial charge in [-0.05, 0) is 17.4 Å². The Balaban J connectivity index is 2.42. The molecule has 0 radical (unpaired) electrons. The zero-order valence-electron chi connectivity index (χ0n) is 13.5. The van der Waals surface area contributed by atoms with Gasteiger partial charge in [-0.25, -0.2) is 9.55 Å². The number of aryl methyl sites for hydroxylation is 1. The minimum atomic E-state index is -0.700. The van der Waals surface area contributed by atoms with E-state index < -0.39 is 17.0 Å². The van der Waals surface area contributed by atoms with Crippen LogP contribution in [0.5, 0.6) is 0 Å². The SMILES string of the molecule is CC(=O)OC(c1ncc([N+](=O)[O-])n1C)C(C)c1ccc(C)cc1. The lowest BCUT2D eigenvalue weighted by atomic mass is 9.94. The maximum absolute atomic E-state index is 11.5. The minimum absolute atomic E-state index is 0.145. The molecular formula is C16H19N3O4. The largest absolute Gasteiger partial charge is 0.451 e. The van der Waals surface area contributed by atoms with Gasteiger partial charge in [-0.3, -0.25) is 4.79 Å². The molecule has 0 aliphatic heterocycles. The normalized spacial score (nSPS) is 13.4. The predicted molar refractivity (Wildman–Crippen MR) is 84.0 cm³/mol. The number of ether oxygens (including phenoxy) is 1. The molecule has 0 amide bonds. The third-order valence-electron chi connectivity index (χ3n) is 3.79. The summed E-state index contributed by atoms with van der Waals surface area (Å²) in [6.07, 6.45) is 0.474. The number of hydrogen-bond acceptors (Lipinski definition) is 5. The maximum Gasteiger partial charge on any atom is 0.342 e. The van der Waals surface area contributed by atoms with Gasteiger partial charge in [0.1, 0.15) is 6.20 Å². The van der Waals surface area contributed by atoms with Crippen molar-refractivity contribution in [3.8, 4) is 0 Å². The summed E-state index contributed by atoms with van der Waals surface area (Å²) in [7, 11) is 1.54. The number of hydrogen-bond donors (Lipinski definition) is 0. The fourth-order valence-electron chi connectivity index (χ4n) is 2.45. The standard InChI is InChI=1S/C16H19N3O4/c1-10-5-7-13(8-6-10)11(2)15(23-12(3)20)16-17-9-14(18(16)4)19(21)22/h5-9,11,15H,1-4H3. The quantitative estimate of drug-likeness (QED) is 0.480. The average molecular weight is 317 g/mol. The van der Waals surface area contributed by atoms with E-state index in [1.54, 1.807) is 7.05 Å². The van der Waals surface area contributed by atoms with Crippen molar-refractivity contribution >= 4 is 11.8 Å². The molecule has 0 saturated carbocycles. The molecule has 122 valence electrons. The minimum Gasteiger partial charge on any atom is -0.451 e. The van der Waals surface area contributed by atoms with Gasteiger partial charge in [-0.2, -0.15) is 0 Å². The Morgan fingerprint density at radius 2 is 1.96 bits per heavy atom. The number of nitro groups is 1. The molecule has 23 heavy (non-hydrogen) atoms. The van der Waals surface area contributed by atoms with Crippen LogP contribution >= 0.6 is 0 Å². The molecular weight excluding hydrogens is 298 g/mol. The second-order valence-electron chi connectivity index (χ2n) is 5.52. The van der Waals surface area contributed by atoms with Crippen LogP contribution < -0.4 is 0 Å². The van der Waals surface area contributed by atoms with Crippen LogP contribution in [0.1, 0.15) is 42.8 Å². The van der Waals surface area contributed by atoms with Crippen molar-refractivity contribution in [2.75, 3.05) is 0 Å². The summed E-state index contributed by atoms with van der Waals surface area (Å²) in [6, 6.07) is 7.84. The van der Waals surface area contributed by atoms with Gasteiger partial charge < -0.3 is 14.9 Å². The van der Waals surface area contributed by atoms with Gasteiger partial charge in [0, 0.05) is 12.8 Å². The molecule has 0 aliphatic rings. The molecule has 0 aliphatic carbocycles. The van der Waals surface area contributed by atoms with E-state index in [1.165, 1.54) is 17.7 Å². The van der Waals surface area contributed by atoms with E-state index in [0.717, 1.165) is 11.1 Å². The van der Waals surface area contributed by atoms with Crippen LogP contribution in [-0.4, -0.2) is 20.4 Å². The first-order valence-corrected chi connectivity index (χ1v) is 7.21. The summed E-state index contributed by atoms with van der Waals surface area (Å²) in [4.78, 5) is 26.1. The van der Waals surface area contributed by atoms with Gasteiger partial charge in [0.25, 0.3) is 0 Å². The highest BCUT2D eigenvalue weighted by atomic mass is 16.6. The summed E-state index contributed by atoms with van der Waals surface area (Å²) < 4.78 is 6.76. The lowest BCUT2D eigenvalue weighted by Crippen LogP contribution is -2.19. The zero-order valence-corrected chi connectivity index (χ0v) is 13.5. The number of benzene rings is 1. The van der Waals surface area contributed by atoms with Crippen molar-refractivity contribution in [2.45, 2.75) is 32.8 Å². The number of carbonyl (C=O) groups is 1. The fourth-order valence-corrected chi connectivity index (χ4v) is 2.45. The average Bonchev–Trinajstić information content (AvgIpc) is 2.86. The molecule has 2 unspecified atom stereocenters. The van der Waals surface area contributed by atoms with Gasteiger partial charge in [0.15, 0.2) is 6.10 Å². The lowest BCUT2D eigenvalue weighted by molar-refractivity contribution is -0.391. The van der Waals surface area contributed by atoms with Crippen LogP contribution in [0.15, 0.2) is 30.5 Å². The van der Waals surface area contributed by atoms with Gasteiger partial charge in [0.2, 0.25) is 5.82 Å². The molecule has 1 aromatic carbocycles. The van der Waals surface area contributed by atoms with E-state index >= 15 is 0 Å². The number of rotatable bonds is 5. The summed E-state index contributed by atoms with van der Waals surface area (Å²) in [6.45, 7) is 5.20. The van der Waals surface area contributed by atoms with Gasteiger partial charge in [-0.15, -0.1) is 0 Å². The van der Waals surface area contributed by atoms with Crippen LogP contribution in [0.25, 0.3) is 0 Å². The molecule has 7 nitrogen and oxygen atoms in total. The van der Waals surface area contributed by atoms with Crippen LogP contribution in [0, 0.1) is 17.0 Å². The second-order valence-corrected chi connectivity index (χ2v) is 5.52. The van der Waals surface area contributed by atoms with Gasteiger partial charge in [-0.1, -0.05) is 36.8 Å². The smallest absolute Gasteiger partial charge is 0.342 e. The highest BCUT2D eigenvalue weighted by Gasteiger charge is 2.32. The van der Waals surface area contributed by atoms with E-state index in [0.29, 0.717) is 5.82 Å². The Bertz CT molecular complexity index is 721. The molecule has 1 heterocycles. The Hall–Kier alpha value is -2.70. The third-order valence-corrected chi connectivity index (χ3v) is 3.79. The van der Waals surface area contributed by atoms with Crippen LogP contribution in [-0.2, 0) is 16.6 Å². The fraction of sp³-hybridized carbons (Fsp3) is 0.375. The van der Waals surface area contributed by atoms with Crippen molar-refractivity contribution in [1.29, 1.82) is 0 Å². The Kier molecular flexibility index (Phi) is 4.78. The van der Waals surface area contributed by atoms with E-state index in [9.17, 15) is 14.9 Å². The van der Waals surface area contributed by atoms with E-state index in [-0.39, 0.29) is 11.7 Å². The number of aromatic nitrogens is 2. The van der Waals surface area contributed by atoms with Crippen LogP contribution in [0.4, 0.5) is 5.82 Å². The maximum atomic E-state index is 11.5. The molecule has 2 atom stereocenters. The highest BCUT2D eigenvalue weighted by molar-refractivity contribution is 5.66. The van der Waals surface area contributed by atoms with Crippen molar-refractivity contribution in [3.05, 3.63) is 57.5 Å². The highest BCUT2D eigenvalue weighted by Crippen LogP contribution is 2.34. The molecule has 1 aromatic heterocycles. The monoisotopic (exact) mass is 317 g/mol. The molecule has 2 aromatic rings. The molecule has 2 rings (SSSR count). The van der Waals surface area contributed by atoms with Crippen LogP contribution in [0.3, 0.4) is 0 Å².